The normalized spacial score (nSPS) is 16.2. The van der Waals surface area contributed by atoms with Gasteiger partial charge in [-0.05, 0) is 54.3 Å². The molecule has 0 N–H and O–H groups in total. The highest BCUT2D eigenvalue weighted by Gasteiger charge is 2.38. The van der Waals surface area contributed by atoms with Gasteiger partial charge in [0.25, 0.3) is 0 Å². The summed E-state index contributed by atoms with van der Waals surface area (Å²) in [5.74, 6) is 0. The van der Waals surface area contributed by atoms with Gasteiger partial charge in [-0.15, -0.1) is 0 Å². The van der Waals surface area contributed by atoms with E-state index in [9.17, 15) is 8.42 Å². The van der Waals surface area contributed by atoms with Gasteiger partial charge in [0.2, 0.25) is 0 Å². The molecule has 4 rings (SSSR count). The third kappa shape index (κ3) is 2.60. The molecule has 1 aliphatic heterocycles. The molecule has 1 unspecified atom stereocenters. The van der Waals surface area contributed by atoms with Crippen molar-refractivity contribution in [1.82, 2.24) is 0 Å². The average Bonchev–Trinajstić information content (AvgIpc) is 2.64. The van der Waals surface area contributed by atoms with Crippen molar-refractivity contribution in [3.05, 3.63) is 89.0 Å². The molecule has 3 aromatic carbocycles. The van der Waals surface area contributed by atoms with Gasteiger partial charge in [-0.25, -0.2) is 8.42 Å². The van der Waals surface area contributed by atoms with Crippen molar-refractivity contribution in [1.29, 1.82) is 0 Å². The van der Waals surface area contributed by atoms with Gasteiger partial charge in [0.15, 0.2) is 9.84 Å². The number of fused-ring (bicyclic) bond motifs is 2. The molecule has 0 fully saturated rings. The Labute approximate surface area is 152 Å². The fraction of sp³-hybridized carbons (Fsp3) is 0.143. The fourth-order valence-electron chi connectivity index (χ4n) is 3.39. The summed E-state index contributed by atoms with van der Waals surface area (Å²) in [7, 11) is -3.54. The number of rotatable bonds is 2. The quantitative estimate of drug-likeness (QED) is 0.614. The van der Waals surface area contributed by atoms with Gasteiger partial charge in [0.05, 0.1) is 4.90 Å². The minimum absolute atomic E-state index is 0.369. The van der Waals surface area contributed by atoms with Crippen LogP contribution >= 0.6 is 11.8 Å². The van der Waals surface area contributed by atoms with E-state index in [2.05, 4.69) is 6.07 Å². The second-order valence-corrected chi connectivity index (χ2v) is 9.41. The summed E-state index contributed by atoms with van der Waals surface area (Å²) in [5, 5.41) is -0.665. The number of aryl methyl sites for hydroxylation is 2. The first kappa shape index (κ1) is 16.4. The molecule has 0 spiro atoms. The Balaban J connectivity index is 2.05. The van der Waals surface area contributed by atoms with Crippen molar-refractivity contribution in [2.45, 2.75) is 33.8 Å². The van der Waals surface area contributed by atoms with E-state index in [4.69, 9.17) is 0 Å². The number of hydrogen-bond acceptors (Lipinski definition) is 3. The SMILES string of the molecule is Cc1ccc(C)c2c1Sc1ccccc1C2S(=O)(=O)c1ccccc1. The first-order valence-corrected chi connectivity index (χ1v) is 10.5. The molecule has 2 nitrogen and oxygen atoms in total. The zero-order valence-corrected chi connectivity index (χ0v) is 15.7. The van der Waals surface area contributed by atoms with E-state index in [1.165, 1.54) is 0 Å². The average molecular weight is 367 g/mol. The summed E-state index contributed by atoms with van der Waals surface area (Å²) >= 11 is 1.67. The lowest BCUT2D eigenvalue weighted by atomic mass is 9.97. The minimum atomic E-state index is -3.54. The Bertz CT molecular complexity index is 1050. The van der Waals surface area contributed by atoms with Gasteiger partial charge in [0.1, 0.15) is 5.25 Å². The molecular weight excluding hydrogens is 348 g/mol. The molecule has 3 aromatic rings. The molecular formula is C21H18O2S2. The van der Waals surface area contributed by atoms with E-state index in [1.807, 2.05) is 50.2 Å². The van der Waals surface area contributed by atoms with Crippen molar-refractivity contribution >= 4 is 21.6 Å². The van der Waals surface area contributed by atoms with E-state index in [0.717, 1.165) is 32.0 Å². The molecule has 0 saturated heterocycles. The van der Waals surface area contributed by atoms with Gasteiger partial charge >= 0.3 is 0 Å². The summed E-state index contributed by atoms with van der Waals surface area (Å²) in [4.78, 5) is 2.46. The zero-order chi connectivity index (χ0) is 17.6. The smallest absolute Gasteiger partial charge is 0.189 e. The molecule has 4 heteroatoms. The maximum absolute atomic E-state index is 13.6. The van der Waals surface area contributed by atoms with Gasteiger partial charge in [-0.2, -0.15) is 0 Å². The highest BCUT2D eigenvalue weighted by Crippen LogP contribution is 2.51. The number of sulfone groups is 1. The number of benzene rings is 3. The Morgan fingerprint density at radius 3 is 2.20 bits per heavy atom. The van der Waals surface area contributed by atoms with Crippen LogP contribution in [0.4, 0.5) is 0 Å². The lowest BCUT2D eigenvalue weighted by Crippen LogP contribution is -2.20. The van der Waals surface area contributed by atoms with Crippen LogP contribution in [0, 0.1) is 13.8 Å². The first-order valence-electron chi connectivity index (χ1n) is 8.16. The van der Waals surface area contributed by atoms with Crippen LogP contribution in [0.3, 0.4) is 0 Å². The molecule has 126 valence electrons. The second kappa shape index (κ2) is 6.04. The summed E-state index contributed by atoms with van der Waals surface area (Å²) in [6.45, 7) is 4.05. The van der Waals surface area contributed by atoms with Crippen LogP contribution in [0.15, 0.2) is 81.4 Å². The Morgan fingerprint density at radius 2 is 1.44 bits per heavy atom. The minimum Gasteiger partial charge on any atom is -0.223 e. The fourth-order valence-corrected chi connectivity index (χ4v) is 6.79. The van der Waals surface area contributed by atoms with E-state index >= 15 is 0 Å². The summed E-state index contributed by atoms with van der Waals surface area (Å²) < 4.78 is 27.1. The second-order valence-electron chi connectivity index (χ2n) is 6.32. The van der Waals surface area contributed by atoms with E-state index in [-0.39, 0.29) is 0 Å². The largest absolute Gasteiger partial charge is 0.223 e. The predicted octanol–water partition coefficient (Wildman–Crippen LogP) is 5.33. The summed E-state index contributed by atoms with van der Waals surface area (Å²) in [6.07, 6.45) is 0. The van der Waals surface area contributed by atoms with Crippen LogP contribution in [0.5, 0.6) is 0 Å². The van der Waals surface area contributed by atoms with Crippen LogP contribution in [-0.2, 0) is 9.84 Å². The molecule has 0 amide bonds. The Hall–Kier alpha value is -2.04. The van der Waals surface area contributed by atoms with E-state index < -0.39 is 15.1 Å². The van der Waals surface area contributed by atoms with Gasteiger partial charge in [-0.3, -0.25) is 0 Å². The zero-order valence-electron chi connectivity index (χ0n) is 14.1. The highest BCUT2D eigenvalue weighted by molar-refractivity contribution is 8.00. The topological polar surface area (TPSA) is 34.1 Å². The van der Waals surface area contributed by atoms with Crippen molar-refractivity contribution < 1.29 is 8.42 Å². The summed E-state index contributed by atoms with van der Waals surface area (Å²) in [5.41, 5.74) is 3.94. The third-order valence-corrected chi connectivity index (χ3v) is 8.05. The molecule has 1 heterocycles. The maximum atomic E-state index is 13.6. The first-order chi connectivity index (χ1) is 12.0. The highest BCUT2D eigenvalue weighted by atomic mass is 32.2. The van der Waals surface area contributed by atoms with Crippen LogP contribution in [0.1, 0.15) is 27.5 Å². The molecule has 1 atom stereocenters. The van der Waals surface area contributed by atoms with Gasteiger partial charge in [0, 0.05) is 9.79 Å². The van der Waals surface area contributed by atoms with Crippen molar-refractivity contribution in [2.24, 2.45) is 0 Å². The molecule has 1 aliphatic rings. The molecule has 0 radical (unpaired) electrons. The number of hydrogen-bond donors (Lipinski definition) is 0. The molecule has 25 heavy (non-hydrogen) atoms. The van der Waals surface area contributed by atoms with Crippen molar-refractivity contribution in [3.8, 4) is 0 Å². The Morgan fingerprint density at radius 1 is 0.800 bits per heavy atom. The van der Waals surface area contributed by atoms with Gasteiger partial charge in [-0.1, -0.05) is 60.3 Å². The van der Waals surface area contributed by atoms with Crippen LogP contribution in [0.25, 0.3) is 0 Å². The molecule has 0 saturated carbocycles. The van der Waals surface area contributed by atoms with Crippen LogP contribution < -0.4 is 0 Å². The van der Waals surface area contributed by atoms with E-state index in [0.29, 0.717) is 4.90 Å². The van der Waals surface area contributed by atoms with E-state index in [1.54, 1.807) is 36.0 Å². The van der Waals surface area contributed by atoms with Crippen LogP contribution in [0.2, 0.25) is 0 Å². The standard InChI is InChI=1S/C21H18O2S2/c1-14-12-13-15(2)20-19(14)21(17-10-6-7-11-18(17)24-20)25(22,23)16-8-4-3-5-9-16/h3-13,21H,1-2H3. The molecule has 0 aliphatic carbocycles. The lowest BCUT2D eigenvalue weighted by molar-refractivity contribution is 0.587. The van der Waals surface area contributed by atoms with Crippen molar-refractivity contribution in [3.63, 3.8) is 0 Å². The van der Waals surface area contributed by atoms with Gasteiger partial charge < -0.3 is 0 Å². The molecule has 0 aromatic heterocycles. The molecule has 0 bridgehead atoms. The third-order valence-electron chi connectivity index (χ3n) is 4.67. The summed E-state index contributed by atoms with van der Waals surface area (Å²) in [6, 6.07) is 20.7. The van der Waals surface area contributed by atoms with Crippen LogP contribution in [-0.4, -0.2) is 8.42 Å². The lowest BCUT2D eigenvalue weighted by Gasteiger charge is -2.30. The predicted molar refractivity (Wildman–Crippen MR) is 102 cm³/mol. The van der Waals surface area contributed by atoms with Crippen molar-refractivity contribution in [2.75, 3.05) is 0 Å². The monoisotopic (exact) mass is 366 g/mol. The maximum Gasteiger partial charge on any atom is 0.189 e. The Kier molecular flexibility index (Phi) is 3.97.